The first kappa shape index (κ1) is 18.1. The maximum absolute atomic E-state index is 12.8. The van der Waals surface area contributed by atoms with Gasteiger partial charge in [0.05, 0.1) is 26.2 Å². The molecule has 0 bridgehead atoms. The van der Waals surface area contributed by atoms with E-state index in [2.05, 4.69) is 61.2 Å². The summed E-state index contributed by atoms with van der Waals surface area (Å²) in [6.07, 6.45) is 0.984. The molecule has 0 atom stereocenters. The molecule has 1 amide bonds. The van der Waals surface area contributed by atoms with E-state index in [0.717, 1.165) is 45.7 Å². The molecule has 2 aliphatic rings. The minimum atomic E-state index is 0.305. The summed E-state index contributed by atoms with van der Waals surface area (Å²) >= 11 is 0. The molecule has 4 rings (SSSR count). The molecule has 1 fully saturated rings. The van der Waals surface area contributed by atoms with Crippen LogP contribution >= 0.6 is 0 Å². The minimum Gasteiger partial charge on any atom is -0.360 e. The van der Waals surface area contributed by atoms with Crippen LogP contribution in [-0.4, -0.2) is 50.1 Å². The molecule has 4 heteroatoms. The number of amides is 1. The zero-order valence-corrected chi connectivity index (χ0v) is 16.5. The highest BCUT2D eigenvalue weighted by molar-refractivity contribution is 5.77. The summed E-state index contributed by atoms with van der Waals surface area (Å²) in [5.74, 6) is 0.305. The van der Waals surface area contributed by atoms with Crippen LogP contribution in [0.15, 0.2) is 42.5 Å². The lowest BCUT2D eigenvalue weighted by molar-refractivity contribution is -0.892. The minimum absolute atomic E-state index is 0.305. The largest absolute Gasteiger partial charge is 0.360 e. The van der Waals surface area contributed by atoms with Crippen molar-refractivity contribution in [2.75, 3.05) is 44.2 Å². The van der Waals surface area contributed by atoms with Gasteiger partial charge in [-0.3, -0.25) is 4.79 Å². The van der Waals surface area contributed by atoms with Crippen LogP contribution in [0.5, 0.6) is 0 Å². The predicted octanol–water partition coefficient (Wildman–Crippen LogP) is 1.59. The molecule has 27 heavy (non-hydrogen) atoms. The fourth-order valence-corrected chi connectivity index (χ4v) is 4.35. The molecule has 142 valence electrons. The molecule has 4 nitrogen and oxygen atoms in total. The highest BCUT2D eigenvalue weighted by atomic mass is 16.2. The Morgan fingerprint density at radius 1 is 0.963 bits per heavy atom. The van der Waals surface area contributed by atoms with Crippen molar-refractivity contribution in [2.45, 2.75) is 26.8 Å². The normalized spacial score (nSPS) is 17.7. The molecular formula is C23H30N3O+. The molecule has 0 radical (unpaired) electrons. The highest BCUT2D eigenvalue weighted by Crippen LogP contribution is 2.22. The molecule has 1 N–H and O–H groups in total. The van der Waals surface area contributed by atoms with E-state index in [-0.39, 0.29) is 0 Å². The van der Waals surface area contributed by atoms with Gasteiger partial charge in [0.1, 0.15) is 0 Å². The topological polar surface area (TPSA) is 28.0 Å². The Morgan fingerprint density at radius 2 is 1.70 bits per heavy atom. The number of nitrogens with zero attached hydrogens (tertiary/aromatic N) is 2. The Labute approximate surface area is 162 Å². The molecule has 2 aromatic rings. The van der Waals surface area contributed by atoms with E-state index < -0.39 is 0 Å². The van der Waals surface area contributed by atoms with Gasteiger partial charge in [-0.15, -0.1) is 0 Å². The Bertz CT molecular complexity index is 824. The van der Waals surface area contributed by atoms with Crippen molar-refractivity contribution in [1.82, 2.24) is 4.90 Å². The molecule has 2 aliphatic heterocycles. The summed E-state index contributed by atoms with van der Waals surface area (Å²) in [6.45, 7) is 10.8. The van der Waals surface area contributed by atoms with Crippen LogP contribution < -0.4 is 9.80 Å². The lowest BCUT2D eigenvalue weighted by Gasteiger charge is -2.36. The van der Waals surface area contributed by atoms with E-state index in [1.54, 1.807) is 0 Å². The second-order valence-corrected chi connectivity index (χ2v) is 7.97. The third-order valence-electron chi connectivity index (χ3n) is 6.27. The van der Waals surface area contributed by atoms with Crippen LogP contribution in [0.2, 0.25) is 0 Å². The number of fused-ring (bicyclic) bond motifs is 1. The van der Waals surface area contributed by atoms with E-state index in [0.29, 0.717) is 12.5 Å². The predicted molar refractivity (Wildman–Crippen MR) is 109 cm³/mol. The van der Waals surface area contributed by atoms with Gasteiger partial charge in [-0.1, -0.05) is 36.4 Å². The summed E-state index contributed by atoms with van der Waals surface area (Å²) in [6, 6.07) is 15.1. The molecule has 0 spiro atoms. The van der Waals surface area contributed by atoms with Crippen LogP contribution in [0.1, 0.15) is 22.3 Å². The number of quaternary nitrogens is 1. The van der Waals surface area contributed by atoms with E-state index in [9.17, 15) is 4.79 Å². The van der Waals surface area contributed by atoms with Crippen LogP contribution in [0.25, 0.3) is 0 Å². The number of hydrogen-bond donors (Lipinski definition) is 1. The Kier molecular flexibility index (Phi) is 5.17. The SMILES string of the molecule is Cc1cccc(N2CC[NH+](CC(=O)N3CCc4ccccc4C3)CC2)c1C. The summed E-state index contributed by atoms with van der Waals surface area (Å²) in [5.41, 5.74) is 6.79. The average Bonchev–Trinajstić information content (AvgIpc) is 2.70. The molecule has 2 aromatic carbocycles. The lowest BCUT2D eigenvalue weighted by atomic mass is 10.00. The van der Waals surface area contributed by atoms with Crippen LogP contribution in [0.4, 0.5) is 5.69 Å². The van der Waals surface area contributed by atoms with Gasteiger partial charge in [0.2, 0.25) is 0 Å². The molecule has 2 heterocycles. The average molecular weight is 365 g/mol. The first-order chi connectivity index (χ1) is 13.1. The third-order valence-corrected chi connectivity index (χ3v) is 6.27. The fraction of sp³-hybridized carbons (Fsp3) is 0.435. The maximum Gasteiger partial charge on any atom is 0.278 e. The third kappa shape index (κ3) is 3.86. The first-order valence-electron chi connectivity index (χ1n) is 10.1. The van der Waals surface area contributed by atoms with Gasteiger partial charge in [-0.05, 0) is 48.6 Å². The van der Waals surface area contributed by atoms with E-state index in [1.807, 2.05) is 4.90 Å². The summed E-state index contributed by atoms with van der Waals surface area (Å²) in [4.78, 5) is 18.8. The number of carbonyl (C=O) groups excluding carboxylic acids is 1. The molecular weight excluding hydrogens is 334 g/mol. The Hall–Kier alpha value is -2.33. The molecule has 0 saturated carbocycles. The number of benzene rings is 2. The van der Waals surface area contributed by atoms with E-state index in [1.165, 1.54) is 32.8 Å². The fourth-order valence-electron chi connectivity index (χ4n) is 4.35. The van der Waals surface area contributed by atoms with E-state index in [4.69, 9.17) is 0 Å². The van der Waals surface area contributed by atoms with Crippen molar-refractivity contribution in [3.05, 3.63) is 64.7 Å². The lowest BCUT2D eigenvalue weighted by Crippen LogP contribution is -3.15. The van der Waals surface area contributed by atoms with Crippen molar-refractivity contribution < 1.29 is 9.69 Å². The zero-order valence-electron chi connectivity index (χ0n) is 16.5. The number of piperazine rings is 1. The first-order valence-corrected chi connectivity index (χ1v) is 10.1. The number of nitrogens with one attached hydrogen (secondary N) is 1. The van der Waals surface area contributed by atoms with Gasteiger partial charge < -0.3 is 14.7 Å². The van der Waals surface area contributed by atoms with Crippen molar-refractivity contribution in [1.29, 1.82) is 0 Å². The van der Waals surface area contributed by atoms with E-state index >= 15 is 0 Å². The highest BCUT2D eigenvalue weighted by Gasteiger charge is 2.27. The molecule has 0 aliphatic carbocycles. The standard InChI is InChI=1S/C23H29N3O/c1-18-6-5-9-22(19(18)2)25-14-12-24(13-15-25)17-23(27)26-11-10-20-7-3-4-8-21(20)16-26/h3-9H,10-17H2,1-2H3/p+1. The monoisotopic (exact) mass is 364 g/mol. The number of carbonyl (C=O) groups is 1. The number of rotatable bonds is 3. The second-order valence-electron chi connectivity index (χ2n) is 7.97. The second kappa shape index (κ2) is 7.73. The van der Waals surface area contributed by atoms with Gasteiger partial charge in [-0.2, -0.15) is 0 Å². The van der Waals surface area contributed by atoms with Gasteiger partial charge in [0, 0.05) is 18.8 Å². The van der Waals surface area contributed by atoms with Crippen molar-refractivity contribution in [3.63, 3.8) is 0 Å². The summed E-state index contributed by atoms with van der Waals surface area (Å²) < 4.78 is 0. The quantitative estimate of drug-likeness (QED) is 0.896. The Morgan fingerprint density at radius 3 is 2.48 bits per heavy atom. The summed E-state index contributed by atoms with van der Waals surface area (Å²) in [5, 5.41) is 0. The van der Waals surface area contributed by atoms with Crippen LogP contribution in [0.3, 0.4) is 0 Å². The van der Waals surface area contributed by atoms with Crippen LogP contribution in [0, 0.1) is 13.8 Å². The van der Waals surface area contributed by atoms with Gasteiger partial charge in [0.25, 0.3) is 5.91 Å². The van der Waals surface area contributed by atoms with Crippen molar-refractivity contribution >= 4 is 11.6 Å². The number of anilines is 1. The van der Waals surface area contributed by atoms with Gasteiger partial charge in [0.15, 0.2) is 6.54 Å². The van der Waals surface area contributed by atoms with Crippen molar-refractivity contribution in [3.8, 4) is 0 Å². The number of hydrogen-bond acceptors (Lipinski definition) is 2. The smallest absolute Gasteiger partial charge is 0.278 e. The van der Waals surface area contributed by atoms with Crippen molar-refractivity contribution in [2.24, 2.45) is 0 Å². The molecule has 0 aromatic heterocycles. The molecule has 1 saturated heterocycles. The van der Waals surface area contributed by atoms with Gasteiger partial charge in [-0.25, -0.2) is 0 Å². The van der Waals surface area contributed by atoms with Crippen LogP contribution in [-0.2, 0) is 17.8 Å². The summed E-state index contributed by atoms with van der Waals surface area (Å²) in [7, 11) is 0. The number of aryl methyl sites for hydroxylation is 1. The Balaban J connectivity index is 1.32. The van der Waals surface area contributed by atoms with Gasteiger partial charge >= 0.3 is 0 Å². The maximum atomic E-state index is 12.8. The zero-order chi connectivity index (χ0) is 18.8. The molecule has 0 unspecified atom stereocenters.